The van der Waals surface area contributed by atoms with E-state index in [0.29, 0.717) is 6.42 Å². The van der Waals surface area contributed by atoms with Gasteiger partial charge >= 0.3 is 0 Å². The average Bonchev–Trinajstić information content (AvgIpc) is 2.47. The first kappa shape index (κ1) is 13.2. The van der Waals surface area contributed by atoms with Crippen LogP contribution in [0.5, 0.6) is 5.75 Å². The Hall–Kier alpha value is -1.80. The molecule has 1 unspecified atom stereocenters. The van der Waals surface area contributed by atoms with Crippen molar-refractivity contribution < 1.29 is 9.84 Å². The fourth-order valence-electron chi connectivity index (χ4n) is 2.77. The first-order valence-electron chi connectivity index (χ1n) is 7.21. The van der Waals surface area contributed by atoms with Crippen LogP contribution in [0.3, 0.4) is 0 Å². The summed E-state index contributed by atoms with van der Waals surface area (Å²) < 4.78 is 5.61. The standard InChI is InChI=1S/C18H20O2/c1-13-4-2-5-14(10-13)11-17(19)15-7-8-18-16(12-15)6-3-9-20-18/h2,4-5,7-8,10,12,17,19H,3,6,9,11H2,1H3. The summed E-state index contributed by atoms with van der Waals surface area (Å²) in [5.74, 6) is 0.975. The topological polar surface area (TPSA) is 29.5 Å². The lowest BCUT2D eigenvalue weighted by atomic mass is 9.96. The van der Waals surface area contributed by atoms with Gasteiger partial charge in [-0.2, -0.15) is 0 Å². The predicted molar refractivity (Wildman–Crippen MR) is 80.1 cm³/mol. The summed E-state index contributed by atoms with van der Waals surface area (Å²) in [6.45, 7) is 2.88. The third-order valence-electron chi connectivity index (χ3n) is 3.83. The van der Waals surface area contributed by atoms with Crippen molar-refractivity contribution in [1.29, 1.82) is 0 Å². The lowest BCUT2D eigenvalue weighted by molar-refractivity contribution is 0.178. The van der Waals surface area contributed by atoms with Crippen molar-refractivity contribution in [3.63, 3.8) is 0 Å². The van der Waals surface area contributed by atoms with Crippen molar-refractivity contribution in [3.05, 3.63) is 64.7 Å². The Morgan fingerprint density at radius 1 is 1.20 bits per heavy atom. The summed E-state index contributed by atoms with van der Waals surface area (Å²) >= 11 is 0. The lowest BCUT2D eigenvalue weighted by Gasteiger charge is -2.19. The predicted octanol–water partition coefficient (Wildman–Crippen LogP) is 3.60. The van der Waals surface area contributed by atoms with Crippen LogP contribution >= 0.6 is 0 Å². The van der Waals surface area contributed by atoms with Crippen molar-refractivity contribution >= 4 is 0 Å². The van der Waals surface area contributed by atoms with Gasteiger partial charge in [0.2, 0.25) is 0 Å². The van der Waals surface area contributed by atoms with Crippen LogP contribution < -0.4 is 4.74 Å². The van der Waals surface area contributed by atoms with E-state index >= 15 is 0 Å². The van der Waals surface area contributed by atoms with E-state index in [9.17, 15) is 5.11 Å². The van der Waals surface area contributed by atoms with Gasteiger partial charge in [0.05, 0.1) is 12.7 Å². The van der Waals surface area contributed by atoms with Crippen molar-refractivity contribution in [1.82, 2.24) is 0 Å². The lowest BCUT2D eigenvalue weighted by Crippen LogP contribution is -2.10. The fraction of sp³-hybridized carbons (Fsp3) is 0.333. The van der Waals surface area contributed by atoms with E-state index < -0.39 is 6.10 Å². The number of aliphatic hydroxyl groups is 1. The highest BCUT2D eigenvalue weighted by Crippen LogP contribution is 2.29. The summed E-state index contributed by atoms with van der Waals surface area (Å²) in [4.78, 5) is 0. The maximum atomic E-state index is 10.4. The van der Waals surface area contributed by atoms with E-state index in [-0.39, 0.29) is 0 Å². The molecule has 2 nitrogen and oxygen atoms in total. The second kappa shape index (κ2) is 5.68. The van der Waals surface area contributed by atoms with Crippen LogP contribution in [0.15, 0.2) is 42.5 Å². The number of hydrogen-bond donors (Lipinski definition) is 1. The molecular weight excluding hydrogens is 248 g/mol. The third kappa shape index (κ3) is 2.86. The number of aryl methyl sites for hydroxylation is 2. The van der Waals surface area contributed by atoms with Crippen LogP contribution in [0, 0.1) is 6.92 Å². The van der Waals surface area contributed by atoms with Gasteiger partial charge in [0.15, 0.2) is 0 Å². The summed E-state index contributed by atoms with van der Waals surface area (Å²) in [5.41, 5.74) is 4.60. The summed E-state index contributed by atoms with van der Waals surface area (Å²) in [6.07, 6.45) is 2.30. The molecule has 1 aliphatic rings. The van der Waals surface area contributed by atoms with Crippen molar-refractivity contribution in [3.8, 4) is 5.75 Å². The largest absolute Gasteiger partial charge is 0.493 e. The molecule has 0 radical (unpaired) electrons. The molecule has 0 bridgehead atoms. The smallest absolute Gasteiger partial charge is 0.122 e. The van der Waals surface area contributed by atoms with Gasteiger partial charge in [-0.15, -0.1) is 0 Å². The minimum Gasteiger partial charge on any atom is -0.493 e. The van der Waals surface area contributed by atoms with E-state index in [2.05, 4.69) is 31.2 Å². The molecule has 20 heavy (non-hydrogen) atoms. The molecule has 2 aromatic carbocycles. The molecule has 2 heteroatoms. The maximum absolute atomic E-state index is 10.4. The van der Waals surface area contributed by atoms with E-state index in [1.54, 1.807) is 0 Å². The number of rotatable bonds is 3. The molecule has 1 heterocycles. The normalized spacial score (nSPS) is 15.3. The Labute approximate surface area is 120 Å². The van der Waals surface area contributed by atoms with E-state index in [4.69, 9.17) is 4.74 Å². The third-order valence-corrected chi connectivity index (χ3v) is 3.83. The molecule has 1 N–H and O–H groups in total. The first-order chi connectivity index (χ1) is 9.72. The van der Waals surface area contributed by atoms with Crippen LogP contribution in [0.4, 0.5) is 0 Å². The number of fused-ring (bicyclic) bond motifs is 1. The first-order valence-corrected chi connectivity index (χ1v) is 7.21. The highest BCUT2D eigenvalue weighted by Gasteiger charge is 2.14. The Bertz CT molecular complexity index is 604. The highest BCUT2D eigenvalue weighted by atomic mass is 16.5. The second-order valence-corrected chi connectivity index (χ2v) is 5.53. The van der Waals surface area contributed by atoms with Gasteiger partial charge in [0.1, 0.15) is 5.75 Å². The Kier molecular flexibility index (Phi) is 3.75. The average molecular weight is 268 g/mol. The van der Waals surface area contributed by atoms with E-state index in [1.165, 1.54) is 16.7 Å². The van der Waals surface area contributed by atoms with Gasteiger partial charge in [0, 0.05) is 6.42 Å². The van der Waals surface area contributed by atoms with Crippen molar-refractivity contribution in [2.24, 2.45) is 0 Å². The Morgan fingerprint density at radius 3 is 2.95 bits per heavy atom. The van der Waals surface area contributed by atoms with E-state index in [0.717, 1.165) is 30.8 Å². The number of aliphatic hydroxyl groups excluding tert-OH is 1. The fourth-order valence-corrected chi connectivity index (χ4v) is 2.77. The second-order valence-electron chi connectivity index (χ2n) is 5.53. The zero-order valence-corrected chi connectivity index (χ0v) is 11.8. The molecule has 0 spiro atoms. The van der Waals surface area contributed by atoms with Crippen LogP contribution in [0.1, 0.15) is 34.8 Å². The number of benzene rings is 2. The molecule has 2 aromatic rings. The molecule has 1 atom stereocenters. The monoisotopic (exact) mass is 268 g/mol. The van der Waals surface area contributed by atoms with Crippen LogP contribution in [0.25, 0.3) is 0 Å². The molecule has 0 amide bonds. The van der Waals surface area contributed by atoms with Crippen molar-refractivity contribution in [2.75, 3.05) is 6.61 Å². The molecule has 0 saturated heterocycles. The highest BCUT2D eigenvalue weighted by molar-refractivity contribution is 5.39. The zero-order valence-electron chi connectivity index (χ0n) is 11.8. The SMILES string of the molecule is Cc1cccc(CC(O)c2ccc3c(c2)CCCO3)c1. The molecule has 0 aromatic heterocycles. The number of hydrogen-bond acceptors (Lipinski definition) is 2. The van der Waals surface area contributed by atoms with Gasteiger partial charge in [-0.3, -0.25) is 0 Å². The van der Waals surface area contributed by atoms with Crippen LogP contribution in [-0.4, -0.2) is 11.7 Å². The summed E-state index contributed by atoms with van der Waals surface area (Å²) in [6, 6.07) is 14.4. The minimum atomic E-state index is -0.455. The maximum Gasteiger partial charge on any atom is 0.122 e. The molecule has 0 fully saturated rings. The molecule has 3 rings (SSSR count). The molecular formula is C18H20O2. The van der Waals surface area contributed by atoms with Crippen LogP contribution in [-0.2, 0) is 12.8 Å². The van der Waals surface area contributed by atoms with Gasteiger partial charge < -0.3 is 9.84 Å². The Balaban J connectivity index is 1.78. The van der Waals surface area contributed by atoms with Gasteiger partial charge in [0.25, 0.3) is 0 Å². The Morgan fingerprint density at radius 2 is 2.10 bits per heavy atom. The zero-order chi connectivity index (χ0) is 13.9. The number of ether oxygens (including phenoxy) is 1. The molecule has 104 valence electrons. The van der Waals surface area contributed by atoms with Gasteiger partial charge in [-0.25, -0.2) is 0 Å². The van der Waals surface area contributed by atoms with Gasteiger partial charge in [-0.05, 0) is 48.6 Å². The summed E-state index contributed by atoms with van der Waals surface area (Å²) in [5, 5.41) is 10.4. The molecule has 0 saturated carbocycles. The molecule has 0 aliphatic carbocycles. The quantitative estimate of drug-likeness (QED) is 0.921. The van der Waals surface area contributed by atoms with Gasteiger partial charge in [-0.1, -0.05) is 35.9 Å². The van der Waals surface area contributed by atoms with E-state index in [1.807, 2.05) is 18.2 Å². The minimum absolute atomic E-state index is 0.455. The molecule has 1 aliphatic heterocycles. The van der Waals surface area contributed by atoms with Crippen molar-refractivity contribution in [2.45, 2.75) is 32.3 Å². The van der Waals surface area contributed by atoms with Crippen LogP contribution in [0.2, 0.25) is 0 Å². The summed E-state index contributed by atoms with van der Waals surface area (Å²) in [7, 11) is 0.